The molecule has 0 saturated heterocycles. The van der Waals surface area contributed by atoms with Crippen LogP contribution in [-0.2, 0) is 19.1 Å². The van der Waals surface area contributed by atoms with Crippen molar-refractivity contribution >= 4 is 23.9 Å². The molecule has 3 aromatic rings. The van der Waals surface area contributed by atoms with Gasteiger partial charge in [0.2, 0.25) is 11.8 Å². The lowest BCUT2D eigenvalue weighted by Crippen LogP contribution is -2.55. The summed E-state index contributed by atoms with van der Waals surface area (Å²) < 4.78 is 25.9. The molecule has 3 atom stereocenters. The Morgan fingerprint density at radius 2 is 1.47 bits per heavy atom. The molecule has 0 aliphatic carbocycles. The number of amides is 2. The van der Waals surface area contributed by atoms with Crippen LogP contribution >= 0.6 is 0 Å². The summed E-state index contributed by atoms with van der Waals surface area (Å²) in [6.07, 6.45) is 3.36. The summed E-state index contributed by atoms with van der Waals surface area (Å²) >= 11 is 0. The normalized spacial score (nSPS) is 13.9. The number of nitrogens with one attached hydrogen (secondary N) is 2. The van der Waals surface area contributed by atoms with Crippen LogP contribution in [0.5, 0.6) is 11.5 Å². The number of carbonyl (C=O) groups is 3. The molecule has 0 unspecified atom stereocenters. The Labute approximate surface area is 266 Å². The Kier molecular flexibility index (Phi) is 12.1. The van der Waals surface area contributed by atoms with Crippen molar-refractivity contribution in [2.24, 2.45) is 11.3 Å². The van der Waals surface area contributed by atoms with Gasteiger partial charge in [0.15, 0.2) is 11.6 Å². The van der Waals surface area contributed by atoms with Gasteiger partial charge in [-0.1, -0.05) is 87.5 Å². The maximum Gasteiger partial charge on any atom is 0.307 e. The van der Waals surface area contributed by atoms with Gasteiger partial charge in [-0.25, -0.2) is 4.39 Å². The number of allylic oxidation sites excluding steroid dienone is 1. The molecule has 45 heavy (non-hydrogen) atoms. The molecular weight excluding hydrogens is 571 g/mol. The number of hydrogen-bond acceptors (Lipinski definition) is 5. The van der Waals surface area contributed by atoms with E-state index in [0.717, 1.165) is 5.56 Å². The summed E-state index contributed by atoms with van der Waals surface area (Å²) in [6, 6.07) is 21.9. The van der Waals surface area contributed by atoms with E-state index in [9.17, 15) is 18.8 Å². The van der Waals surface area contributed by atoms with E-state index < -0.39 is 40.7 Å². The zero-order valence-corrected chi connectivity index (χ0v) is 27.2. The van der Waals surface area contributed by atoms with Crippen molar-refractivity contribution in [3.05, 3.63) is 102 Å². The van der Waals surface area contributed by atoms with Crippen LogP contribution in [0.4, 0.5) is 4.39 Å². The summed E-state index contributed by atoms with van der Waals surface area (Å²) in [5.41, 5.74) is 0.153. The molecule has 3 aromatic carbocycles. The average molecular weight is 617 g/mol. The number of ether oxygens (including phenoxy) is 2. The smallest absolute Gasteiger partial charge is 0.307 e. The van der Waals surface area contributed by atoms with E-state index in [1.807, 2.05) is 64.1 Å². The number of hydrogen-bond donors (Lipinski definition) is 2. The topological polar surface area (TPSA) is 93.7 Å². The lowest BCUT2D eigenvalue weighted by Gasteiger charge is -2.32. The second kappa shape index (κ2) is 15.5. The van der Waals surface area contributed by atoms with Crippen molar-refractivity contribution in [1.29, 1.82) is 0 Å². The van der Waals surface area contributed by atoms with E-state index in [-0.39, 0.29) is 30.5 Å². The number of esters is 1. The summed E-state index contributed by atoms with van der Waals surface area (Å²) in [7, 11) is 0. The first-order chi connectivity index (χ1) is 21.1. The van der Waals surface area contributed by atoms with Crippen LogP contribution in [-0.4, -0.2) is 29.4 Å². The summed E-state index contributed by atoms with van der Waals surface area (Å²) in [5, 5.41) is 5.90. The van der Waals surface area contributed by atoms with Crippen molar-refractivity contribution in [3.8, 4) is 11.5 Å². The Balaban J connectivity index is 1.75. The van der Waals surface area contributed by atoms with Crippen LogP contribution in [0.1, 0.15) is 78.5 Å². The van der Waals surface area contributed by atoms with Crippen LogP contribution in [0, 0.1) is 17.2 Å². The van der Waals surface area contributed by atoms with Gasteiger partial charge in [0.1, 0.15) is 17.4 Å². The molecule has 240 valence electrons. The zero-order chi connectivity index (χ0) is 33.2. The van der Waals surface area contributed by atoms with Gasteiger partial charge < -0.3 is 20.1 Å². The summed E-state index contributed by atoms with van der Waals surface area (Å²) in [4.78, 5) is 39.9. The summed E-state index contributed by atoms with van der Waals surface area (Å²) in [6.45, 7) is 12.8. The summed E-state index contributed by atoms with van der Waals surface area (Å²) in [5.74, 6) is -2.06. The van der Waals surface area contributed by atoms with Gasteiger partial charge in [0.05, 0.1) is 18.4 Å². The fourth-order valence-electron chi connectivity index (χ4n) is 4.61. The van der Waals surface area contributed by atoms with E-state index in [1.54, 1.807) is 63.3 Å². The number of halogens is 1. The van der Waals surface area contributed by atoms with Gasteiger partial charge in [0, 0.05) is 0 Å². The minimum Gasteiger partial charge on any atom is -0.460 e. The molecule has 0 aliphatic rings. The first kappa shape index (κ1) is 35.0. The van der Waals surface area contributed by atoms with E-state index in [4.69, 9.17) is 9.47 Å². The third-order valence-corrected chi connectivity index (χ3v) is 6.93. The number of carbonyl (C=O) groups excluding carboxylic acids is 3. The SMILES string of the molecule is C[C@@H](NC(=O)[C@@H](NC(=O)[C@H](C/C=C/c1ccc(Oc2ccccc2)c(F)c1)CC(=O)OC(C)(C)C)C(C)(C)C)c1ccccc1. The highest BCUT2D eigenvalue weighted by molar-refractivity contribution is 5.91. The molecule has 0 aromatic heterocycles. The zero-order valence-electron chi connectivity index (χ0n) is 27.2. The molecule has 8 heteroatoms. The highest BCUT2D eigenvalue weighted by Gasteiger charge is 2.35. The Hall–Kier alpha value is -4.46. The highest BCUT2D eigenvalue weighted by Crippen LogP contribution is 2.26. The Morgan fingerprint density at radius 3 is 2.04 bits per heavy atom. The van der Waals surface area contributed by atoms with Crippen molar-refractivity contribution in [3.63, 3.8) is 0 Å². The van der Waals surface area contributed by atoms with Gasteiger partial charge in [-0.15, -0.1) is 0 Å². The van der Waals surface area contributed by atoms with E-state index in [1.165, 1.54) is 12.1 Å². The lowest BCUT2D eigenvalue weighted by molar-refractivity contribution is -0.157. The van der Waals surface area contributed by atoms with Crippen LogP contribution < -0.4 is 15.4 Å². The van der Waals surface area contributed by atoms with Crippen LogP contribution in [0.2, 0.25) is 0 Å². The minimum absolute atomic E-state index is 0.0913. The standard InChI is InChI=1S/C37H45FN2O5/c1-25(27-16-10-8-11-17-27)39-35(43)33(36(2,3)4)40-34(42)28(24-32(41)45-37(5,6)7)18-14-15-26-21-22-31(30(38)23-26)44-29-19-12-9-13-20-29/h8-17,19-23,25,28,33H,18,24H2,1-7H3,(H,39,43)(H,40,42)/b15-14+/t25-,28-,33-/m1/s1. The molecule has 3 rings (SSSR count). The Morgan fingerprint density at radius 1 is 0.844 bits per heavy atom. The molecule has 7 nitrogen and oxygen atoms in total. The third-order valence-electron chi connectivity index (χ3n) is 6.93. The first-order valence-corrected chi connectivity index (χ1v) is 15.2. The molecule has 0 saturated carbocycles. The maximum atomic E-state index is 14.8. The van der Waals surface area contributed by atoms with Gasteiger partial charge in [-0.3, -0.25) is 14.4 Å². The third kappa shape index (κ3) is 11.5. The van der Waals surface area contributed by atoms with Gasteiger partial charge in [-0.2, -0.15) is 0 Å². The maximum absolute atomic E-state index is 14.8. The average Bonchev–Trinajstić information content (AvgIpc) is 2.96. The van der Waals surface area contributed by atoms with Crippen molar-refractivity contribution in [2.45, 2.75) is 79.0 Å². The lowest BCUT2D eigenvalue weighted by atomic mass is 9.85. The second-order valence-electron chi connectivity index (χ2n) is 13.2. The van der Waals surface area contributed by atoms with Crippen LogP contribution in [0.3, 0.4) is 0 Å². The van der Waals surface area contributed by atoms with Gasteiger partial charge in [-0.05, 0) is 74.9 Å². The van der Waals surface area contributed by atoms with Crippen LogP contribution in [0.15, 0.2) is 84.9 Å². The van der Waals surface area contributed by atoms with E-state index >= 15 is 0 Å². The molecule has 0 spiro atoms. The molecule has 0 radical (unpaired) electrons. The second-order valence-corrected chi connectivity index (χ2v) is 13.2. The molecule has 0 aliphatic heterocycles. The molecule has 2 amide bonds. The highest BCUT2D eigenvalue weighted by atomic mass is 19.1. The molecule has 0 bridgehead atoms. The van der Waals surface area contributed by atoms with Crippen molar-refractivity contribution in [1.82, 2.24) is 10.6 Å². The fraction of sp³-hybridized carbons (Fsp3) is 0.378. The van der Waals surface area contributed by atoms with Crippen LogP contribution in [0.25, 0.3) is 6.08 Å². The number of rotatable bonds is 12. The minimum atomic E-state index is -0.868. The van der Waals surface area contributed by atoms with Gasteiger partial charge in [0.25, 0.3) is 0 Å². The van der Waals surface area contributed by atoms with E-state index in [2.05, 4.69) is 10.6 Å². The molecule has 0 fully saturated rings. The molecule has 0 heterocycles. The Bertz CT molecular complexity index is 1460. The number of para-hydroxylation sites is 1. The monoisotopic (exact) mass is 616 g/mol. The van der Waals surface area contributed by atoms with E-state index in [0.29, 0.717) is 11.3 Å². The first-order valence-electron chi connectivity index (χ1n) is 15.2. The van der Waals surface area contributed by atoms with Crippen molar-refractivity contribution < 1.29 is 28.2 Å². The fourth-order valence-corrected chi connectivity index (χ4v) is 4.61. The van der Waals surface area contributed by atoms with Gasteiger partial charge >= 0.3 is 5.97 Å². The molecular formula is C37H45FN2O5. The number of benzene rings is 3. The quantitative estimate of drug-likeness (QED) is 0.203. The predicted molar refractivity (Wildman–Crippen MR) is 175 cm³/mol. The largest absolute Gasteiger partial charge is 0.460 e. The molecule has 2 N–H and O–H groups in total. The van der Waals surface area contributed by atoms with Crippen molar-refractivity contribution in [2.75, 3.05) is 0 Å². The predicted octanol–water partition coefficient (Wildman–Crippen LogP) is 7.78.